The lowest BCUT2D eigenvalue weighted by molar-refractivity contribution is -0.154. The van der Waals surface area contributed by atoms with Crippen LogP contribution in [-0.2, 0) is 28.6 Å². The predicted octanol–water partition coefficient (Wildman–Crippen LogP) is 0.0138. The van der Waals surface area contributed by atoms with Crippen LogP contribution in [0.15, 0.2) is 0 Å². The van der Waals surface area contributed by atoms with Gasteiger partial charge in [0.25, 0.3) is 0 Å². The minimum absolute atomic E-state index is 0.0864. The number of alkyl halides is 3. The third kappa shape index (κ3) is 5.66. The molecule has 0 N–H and O–H groups in total. The topological polar surface area (TPSA) is 86.7 Å². The third-order valence-corrected chi connectivity index (χ3v) is 4.46. The fourth-order valence-electron chi connectivity index (χ4n) is 1.17. The van der Waals surface area contributed by atoms with Gasteiger partial charge in [-0.25, -0.2) is 16.8 Å². The van der Waals surface area contributed by atoms with E-state index < -0.39 is 44.9 Å². The van der Waals surface area contributed by atoms with E-state index in [1.54, 1.807) is 0 Å². The molecule has 0 saturated carbocycles. The van der Waals surface area contributed by atoms with E-state index in [0.29, 0.717) is 0 Å². The van der Waals surface area contributed by atoms with Gasteiger partial charge in [-0.1, -0.05) is 0 Å². The van der Waals surface area contributed by atoms with Crippen molar-refractivity contribution < 1.29 is 38.4 Å². The zero-order chi connectivity index (χ0) is 13.3. The first kappa shape index (κ1) is 14.7. The lowest BCUT2D eigenvalue weighted by Crippen LogP contribution is -2.26. The Kier molecular flexibility index (Phi) is 4.06. The van der Waals surface area contributed by atoms with E-state index in [9.17, 15) is 30.0 Å². The predicted molar refractivity (Wildman–Crippen MR) is 49.1 cm³/mol. The molecule has 1 fully saturated rings. The Bertz CT molecular complexity index is 464. The number of hydrogen-bond acceptors (Lipinski definition) is 6. The second-order valence-electron chi connectivity index (χ2n) is 3.41. The van der Waals surface area contributed by atoms with Crippen LogP contribution in [0.25, 0.3) is 0 Å². The first-order valence-corrected chi connectivity index (χ1v) is 7.49. The Morgan fingerprint density at radius 1 is 1.29 bits per heavy atom. The highest BCUT2D eigenvalue weighted by Gasteiger charge is 2.35. The fraction of sp³-hybridized carbons (Fsp3) is 1.00. The summed E-state index contributed by atoms with van der Waals surface area (Å²) in [6.07, 6.45) is -6.08. The summed E-state index contributed by atoms with van der Waals surface area (Å²) in [6.45, 7) is -2.01. The average Bonchev–Trinajstić information content (AvgIpc) is 2.40. The summed E-state index contributed by atoms with van der Waals surface area (Å²) in [5, 5.41) is 0. The summed E-state index contributed by atoms with van der Waals surface area (Å²) in [6, 6.07) is 0. The van der Waals surface area contributed by atoms with Gasteiger partial charge in [-0.05, 0) is 6.42 Å². The molecule has 6 nitrogen and oxygen atoms in total. The minimum atomic E-state index is -4.83. The Hall–Kier alpha value is -0.390. The number of sulfone groups is 1. The fourth-order valence-corrected chi connectivity index (χ4v) is 3.68. The van der Waals surface area contributed by atoms with Gasteiger partial charge in [-0.2, -0.15) is 21.6 Å². The van der Waals surface area contributed by atoms with Crippen LogP contribution in [0.1, 0.15) is 6.42 Å². The molecule has 0 aliphatic carbocycles. The van der Waals surface area contributed by atoms with Gasteiger partial charge in [0.15, 0.2) is 16.4 Å². The summed E-state index contributed by atoms with van der Waals surface area (Å²) in [4.78, 5) is 0. The molecule has 0 amide bonds. The van der Waals surface area contributed by atoms with E-state index in [1.165, 1.54) is 0 Å². The Balaban J connectivity index is 2.51. The molecule has 1 saturated heterocycles. The molecule has 0 bridgehead atoms. The molecule has 1 atom stereocenters. The molecule has 0 aromatic rings. The van der Waals surface area contributed by atoms with Crippen molar-refractivity contribution >= 4 is 20.2 Å². The van der Waals surface area contributed by atoms with E-state index >= 15 is 0 Å². The zero-order valence-electron chi connectivity index (χ0n) is 8.31. The van der Waals surface area contributed by atoms with E-state index in [-0.39, 0.29) is 12.2 Å². The van der Waals surface area contributed by atoms with E-state index in [2.05, 4.69) is 8.37 Å². The molecule has 11 heteroatoms. The van der Waals surface area contributed by atoms with E-state index in [1.807, 2.05) is 0 Å². The van der Waals surface area contributed by atoms with Crippen LogP contribution in [0.2, 0.25) is 0 Å². The molecule has 0 spiro atoms. The first-order chi connectivity index (χ1) is 7.49. The summed E-state index contributed by atoms with van der Waals surface area (Å²) in [5.74, 6) is -0.798. The molecule has 0 radical (unpaired) electrons. The molecular weight excluding hydrogens is 289 g/mol. The van der Waals surface area contributed by atoms with Crippen LogP contribution < -0.4 is 0 Å². The van der Waals surface area contributed by atoms with Crippen LogP contribution in [0.3, 0.4) is 0 Å². The third-order valence-electron chi connectivity index (χ3n) is 1.81. The lowest BCUT2D eigenvalue weighted by atomic mass is 10.3. The number of rotatable bonds is 4. The van der Waals surface area contributed by atoms with Crippen molar-refractivity contribution in [1.29, 1.82) is 0 Å². The van der Waals surface area contributed by atoms with Gasteiger partial charge in [0.05, 0.1) is 17.6 Å². The lowest BCUT2D eigenvalue weighted by Gasteiger charge is -2.11. The van der Waals surface area contributed by atoms with E-state index in [4.69, 9.17) is 0 Å². The minimum Gasteiger partial charge on any atom is -0.244 e. The van der Waals surface area contributed by atoms with E-state index in [0.717, 1.165) is 0 Å². The van der Waals surface area contributed by atoms with Crippen molar-refractivity contribution in [3.8, 4) is 0 Å². The van der Waals surface area contributed by atoms with Gasteiger partial charge in [0.2, 0.25) is 0 Å². The van der Waals surface area contributed by atoms with Crippen LogP contribution in [-0.4, -0.2) is 47.2 Å². The van der Waals surface area contributed by atoms with Crippen molar-refractivity contribution in [2.45, 2.75) is 18.7 Å². The quantitative estimate of drug-likeness (QED) is 0.727. The van der Waals surface area contributed by atoms with Crippen molar-refractivity contribution in [2.75, 3.05) is 18.1 Å². The number of halogens is 3. The summed E-state index contributed by atoms with van der Waals surface area (Å²) in [7, 11) is -8.21. The maximum Gasteiger partial charge on any atom is 0.413 e. The van der Waals surface area contributed by atoms with Crippen LogP contribution in [0.4, 0.5) is 13.2 Å². The van der Waals surface area contributed by atoms with Crippen LogP contribution in [0.5, 0.6) is 0 Å². The molecule has 17 heavy (non-hydrogen) atoms. The van der Waals surface area contributed by atoms with Gasteiger partial charge in [0, 0.05) is 0 Å². The molecule has 1 rings (SSSR count). The highest BCUT2D eigenvalue weighted by Crippen LogP contribution is 2.20. The average molecular weight is 298 g/mol. The van der Waals surface area contributed by atoms with Crippen LogP contribution in [0, 0.1) is 0 Å². The Morgan fingerprint density at radius 3 is 2.29 bits per heavy atom. The Labute approximate surface area is 96.0 Å². The maximum absolute atomic E-state index is 11.7. The molecule has 0 aromatic carbocycles. The first-order valence-electron chi connectivity index (χ1n) is 4.34. The molecule has 102 valence electrons. The highest BCUT2D eigenvalue weighted by molar-refractivity contribution is 7.91. The monoisotopic (exact) mass is 298 g/mol. The standard InChI is InChI=1S/C6H9F3O6S2/c7-6(8,9)4-14-17(12,13)15-5-1-2-16(10,11)3-5/h5H,1-4H2. The van der Waals surface area contributed by atoms with Crippen LogP contribution >= 0.6 is 0 Å². The van der Waals surface area contributed by atoms with Gasteiger partial charge in [-0.15, -0.1) is 0 Å². The second kappa shape index (κ2) is 4.71. The molecule has 0 aromatic heterocycles. The maximum atomic E-state index is 11.7. The SMILES string of the molecule is O=S1(=O)CCC(OS(=O)(=O)OCC(F)(F)F)C1. The number of hydrogen-bond donors (Lipinski definition) is 0. The van der Waals surface area contributed by atoms with Crippen molar-refractivity contribution in [3.63, 3.8) is 0 Å². The Morgan fingerprint density at radius 2 is 1.88 bits per heavy atom. The second-order valence-corrected chi connectivity index (χ2v) is 6.88. The summed E-state index contributed by atoms with van der Waals surface area (Å²) < 4.78 is 86.5. The smallest absolute Gasteiger partial charge is 0.244 e. The van der Waals surface area contributed by atoms with Crippen molar-refractivity contribution in [2.24, 2.45) is 0 Å². The normalized spacial score (nSPS) is 25.0. The summed E-state index contributed by atoms with van der Waals surface area (Å²) >= 11 is 0. The molecule has 1 aliphatic rings. The zero-order valence-corrected chi connectivity index (χ0v) is 9.94. The van der Waals surface area contributed by atoms with Gasteiger partial charge in [0.1, 0.15) is 0 Å². The highest BCUT2D eigenvalue weighted by atomic mass is 32.3. The van der Waals surface area contributed by atoms with Gasteiger partial charge in [-0.3, -0.25) is 0 Å². The van der Waals surface area contributed by atoms with Crippen molar-refractivity contribution in [3.05, 3.63) is 0 Å². The molecule has 1 heterocycles. The van der Waals surface area contributed by atoms with Gasteiger partial charge >= 0.3 is 16.6 Å². The van der Waals surface area contributed by atoms with Gasteiger partial charge < -0.3 is 0 Å². The summed E-state index contributed by atoms with van der Waals surface area (Å²) in [5.41, 5.74) is 0. The molecule has 1 aliphatic heterocycles. The van der Waals surface area contributed by atoms with Crippen molar-refractivity contribution in [1.82, 2.24) is 0 Å². The largest absolute Gasteiger partial charge is 0.413 e. The molecular formula is C6H9F3O6S2. The molecule has 1 unspecified atom stereocenters.